The first-order valence-corrected chi connectivity index (χ1v) is 6.46. The first kappa shape index (κ1) is 13.1. The quantitative estimate of drug-likeness (QED) is 0.510. The Labute approximate surface area is 96.8 Å². The minimum atomic E-state index is 0.394. The summed E-state index contributed by atoms with van der Waals surface area (Å²) in [5.41, 5.74) is 1.73. The molecule has 15 heavy (non-hydrogen) atoms. The summed E-state index contributed by atoms with van der Waals surface area (Å²) >= 11 is 0. The van der Waals surface area contributed by atoms with Crippen molar-refractivity contribution >= 4 is 0 Å². The molecular formula is C15H30. The normalized spacial score (nSPS) is 25.6. The molecule has 1 fully saturated rings. The van der Waals surface area contributed by atoms with E-state index in [-0.39, 0.29) is 0 Å². The fourth-order valence-electron chi connectivity index (χ4n) is 5.25. The molecule has 0 spiro atoms. The van der Waals surface area contributed by atoms with E-state index < -0.39 is 0 Å². The zero-order valence-electron chi connectivity index (χ0n) is 12.1. The Morgan fingerprint density at radius 1 is 0.733 bits per heavy atom. The second-order valence-corrected chi connectivity index (χ2v) is 8.14. The van der Waals surface area contributed by atoms with Crippen molar-refractivity contribution in [1.82, 2.24) is 0 Å². The summed E-state index contributed by atoms with van der Waals surface area (Å²) in [4.78, 5) is 0. The molecule has 0 aromatic rings. The highest BCUT2D eigenvalue weighted by Crippen LogP contribution is 2.68. The molecule has 0 amide bonds. The maximum absolute atomic E-state index is 2.48. The molecule has 1 rings (SSSR count). The van der Waals surface area contributed by atoms with Crippen LogP contribution in [0.4, 0.5) is 0 Å². The summed E-state index contributed by atoms with van der Waals surface area (Å²) in [6.07, 6.45) is 4.19. The van der Waals surface area contributed by atoms with Crippen molar-refractivity contribution < 1.29 is 0 Å². The van der Waals surface area contributed by atoms with E-state index in [1.807, 2.05) is 0 Å². The molecule has 0 heterocycles. The van der Waals surface area contributed by atoms with Crippen LogP contribution in [0.15, 0.2) is 0 Å². The first-order valence-electron chi connectivity index (χ1n) is 6.46. The lowest BCUT2D eigenvalue weighted by atomic mass is 9.45. The van der Waals surface area contributed by atoms with Gasteiger partial charge in [-0.3, -0.25) is 0 Å². The Bertz CT molecular complexity index is 218. The van der Waals surface area contributed by atoms with E-state index in [1.54, 1.807) is 0 Å². The predicted molar refractivity (Wildman–Crippen MR) is 69.0 cm³/mol. The monoisotopic (exact) mass is 210 g/mol. The number of hydrogen-bond donors (Lipinski definition) is 0. The average molecular weight is 210 g/mol. The van der Waals surface area contributed by atoms with Gasteiger partial charge in [0.05, 0.1) is 0 Å². The fraction of sp³-hybridized carbons (Fsp3) is 1.00. The van der Waals surface area contributed by atoms with Gasteiger partial charge in [-0.05, 0) is 34.5 Å². The lowest BCUT2D eigenvalue weighted by molar-refractivity contribution is -0.107. The molecule has 0 bridgehead atoms. The van der Waals surface area contributed by atoms with Crippen molar-refractivity contribution in [3.05, 3.63) is 0 Å². The molecule has 0 heteroatoms. The second kappa shape index (κ2) is 3.25. The zero-order chi connectivity index (χ0) is 12.1. The molecule has 0 aromatic heterocycles. The molecule has 1 saturated carbocycles. The van der Waals surface area contributed by atoms with Crippen LogP contribution in [0.25, 0.3) is 0 Å². The summed E-state index contributed by atoms with van der Waals surface area (Å²) < 4.78 is 0. The van der Waals surface area contributed by atoms with Crippen molar-refractivity contribution in [2.24, 2.45) is 21.7 Å². The predicted octanol–water partition coefficient (Wildman–Crippen LogP) is 5.28. The van der Waals surface area contributed by atoms with Crippen molar-refractivity contribution in [2.45, 2.75) is 74.7 Å². The maximum atomic E-state index is 2.48. The molecule has 0 aliphatic heterocycles. The molecule has 90 valence electrons. The third-order valence-electron chi connectivity index (χ3n) is 5.07. The summed E-state index contributed by atoms with van der Waals surface area (Å²) in [6, 6.07) is 0. The van der Waals surface area contributed by atoms with Crippen molar-refractivity contribution in [3.8, 4) is 0 Å². The minimum absolute atomic E-state index is 0.394. The molecule has 1 aliphatic carbocycles. The summed E-state index contributed by atoms with van der Waals surface area (Å²) in [7, 11) is 0. The van der Waals surface area contributed by atoms with Gasteiger partial charge in [0.1, 0.15) is 0 Å². The molecule has 0 nitrogen and oxygen atoms in total. The summed E-state index contributed by atoms with van der Waals surface area (Å²) in [5.74, 6) is 0. The lowest BCUT2D eigenvalue weighted by Gasteiger charge is -2.59. The molecule has 0 saturated heterocycles. The minimum Gasteiger partial charge on any atom is -0.0596 e. The van der Waals surface area contributed by atoms with Gasteiger partial charge in [-0.1, -0.05) is 61.8 Å². The highest BCUT2D eigenvalue weighted by Gasteiger charge is 2.60. The van der Waals surface area contributed by atoms with E-state index in [0.29, 0.717) is 21.7 Å². The number of rotatable bonds is 0. The van der Waals surface area contributed by atoms with Crippen LogP contribution in [-0.4, -0.2) is 0 Å². The Morgan fingerprint density at radius 2 is 1.13 bits per heavy atom. The standard InChI is InChI=1S/C15H30/c1-12(2,3)15(13(4,5)6)11-9-10-14(15,7)8/h9-11H2,1-8H3. The first-order chi connectivity index (χ1) is 6.46. The topological polar surface area (TPSA) is 0 Å². The van der Waals surface area contributed by atoms with Gasteiger partial charge in [-0.15, -0.1) is 0 Å². The fourth-order valence-corrected chi connectivity index (χ4v) is 5.25. The van der Waals surface area contributed by atoms with Gasteiger partial charge < -0.3 is 0 Å². The molecular weight excluding hydrogens is 180 g/mol. The van der Waals surface area contributed by atoms with Crippen LogP contribution in [0.5, 0.6) is 0 Å². The van der Waals surface area contributed by atoms with Crippen LogP contribution in [0.2, 0.25) is 0 Å². The summed E-state index contributed by atoms with van der Waals surface area (Å²) in [5, 5.41) is 0. The Balaban J connectivity index is 3.33. The van der Waals surface area contributed by atoms with Crippen LogP contribution in [0.1, 0.15) is 74.7 Å². The van der Waals surface area contributed by atoms with Crippen LogP contribution >= 0.6 is 0 Å². The van der Waals surface area contributed by atoms with Crippen LogP contribution in [0.3, 0.4) is 0 Å². The van der Waals surface area contributed by atoms with Crippen LogP contribution < -0.4 is 0 Å². The van der Waals surface area contributed by atoms with E-state index in [1.165, 1.54) is 19.3 Å². The van der Waals surface area contributed by atoms with E-state index in [4.69, 9.17) is 0 Å². The van der Waals surface area contributed by atoms with Crippen molar-refractivity contribution in [2.75, 3.05) is 0 Å². The zero-order valence-corrected chi connectivity index (χ0v) is 12.1. The summed E-state index contributed by atoms with van der Waals surface area (Å²) in [6.45, 7) is 19.6. The molecule has 1 aliphatic rings. The van der Waals surface area contributed by atoms with E-state index in [9.17, 15) is 0 Å². The highest BCUT2D eigenvalue weighted by molar-refractivity contribution is 5.09. The molecule has 0 radical (unpaired) electrons. The molecule has 0 unspecified atom stereocenters. The van der Waals surface area contributed by atoms with E-state index in [0.717, 1.165) is 0 Å². The Kier molecular flexibility index (Phi) is 2.83. The Morgan fingerprint density at radius 3 is 1.27 bits per heavy atom. The van der Waals surface area contributed by atoms with E-state index in [2.05, 4.69) is 55.4 Å². The Hall–Kier alpha value is 0. The van der Waals surface area contributed by atoms with Gasteiger partial charge in [-0.25, -0.2) is 0 Å². The second-order valence-electron chi connectivity index (χ2n) is 8.14. The largest absolute Gasteiger partial charge is 0.0596 e. The lowest BCUT2D eigenvalue weighted by Crippen LogP contribution is -2.52. The molecule has 0 atom stereocenters. The average Bonchev–Trinajstić information content (AvgIpc) is 2.21. The van der Waals surface area contributed by atoms with Gasteiger partial charge in [0.2, 0.25) is 0 Å². The SMILES string of the molecule is CC(C)(C)C1(C(C)(C)C)CCCC1(C)C. The highest BCUT2D eigenvalue weighted by atomic mass is 14.6. The van der Waals surface area contributed by atoms with Gasteiger partial charge >= 0.3 is 0 Å². The maximum Gasteiger partial charge on any atom is -0.0149 e. The third kappa shape index (κ3) is 1.65. The van der Waals surface area contributed by atoms with Gasteiger partial charge in [-0.2, -0.15) is 0 Å². The smallest absolute Gasteiger partial charge is 0.0149 e. The van der Waals surface area contributed by atoms with E-state index >= 15 is 0 Å². The van der Waals surface area contributed by atoms with Crippen molar-refractivity contribution in [3.63, 3.8) is 0 Å². The third-order valence-corrected chi connectivity index (χ3v) is 5.07. The molecule has 0 N–H and O–H groups in total. The van der Waals surface area contributed by atoms with Gasteiger partial charge in [0.15, 0.2) is 0 Å². The number of hydrogen-bond acceptors (Lipinski definition) is 0. The molecule has 0 aromatic carbocycles. The van der Waals surface area contributed by atoms with Crippen molar-refractivity contribution in [1.29, 1.82) is 0 Å². The van der Waals surface area contributed by atoms with Crippen LogP contribution in [-0.2, 0) is 0 Å². The van der Waals surface area contributed by atoms with Crippen LogP contribution in [0, 0.1) is 21.7 Å². The van der Waals surface area contributed by atoms with Gasteiger partial charge in [0, 0.05) is 0 Å². The van der Waals surface area contributed by atoms with Gasteiger partial charge in [0.25, 0.3) is 0 Å².